The van der Waals surface area contributed by atoms with Crippen molar-refractivity contribution in [1.82, 2.24) is 0 Å². The predicted molar refractivity (Wildman–Crippen MR) is 85.9 cm³/mol. The lowest BCUT2D eigenvalue weighted by Crippen LogP contribution is -2.09. The summed E-state index contributed by atoms with van der Waals surface area (Å²) in [7, 11) is 0. The van der Waals surface area contributed by atoms with Gasteiger partial charge in [-0.25, -0.2) is 0 Å². The highest BCUT2D eigenvalue weighted by Crippen LogP contribution is 2.11. The van der Waals surface area contributed by atoms with Crippen molar-refractivity contribution in [1.29, 1.82) is 0 Å². The summed E-state index contributed by atoms with van der Waals surface area (Å²) in [6.45, 7) is 4.91. The van der Waals surface area contributed by atoms with Crippen LogP contribution in [0.3, 0.4) is 0 Å². The van der Waals surface area contributed by atoms with E-state index in [1.54, 1.807) is 0 Å². The molecule has 0 saturated carbocycles. The Morgan fingerprint density at radius 1 is 0.947 bits per heavy atom. The Bertz CT molecular complexity index is 207. The van der Waals surface area contributed by atoms with Crippen molar-refractivity contribution in [3.05, 3.63) is 0 Å². The standard InChI is InChI=1S/C16H32O2S/c1-3-5-6-7-8-9-10-12-16(17)18-14-13-15(19)11-4-2/h15,19H,3-14H2,1-2H3. The lowest BCUT2D eigenvalue weighted by molar-refractivity contribution is -0.143. The summed E-state index contributed by atoms with van der Waals surface area (Å²) in [5, 5.41) is 0.372. The van der Waals surface area contributed by atoms with Gasteiger partial charge in [-0.1, -0.05) is 58.8 Å². The van der Waals surface area contributed by atoms with E-state index in [1.807, 2.05) is 0 Å². The first-order valence-electron chi connectivity index (χ1n) is 8.04. The zero-order valence-corrected chi connectivity index (χ0v) is 13.7. The minimum absolute atomic E-state index is 0.0365. The van der Waals surface area contributed by atoms with Gasteiger partial charge in [0.2, 0.25) is 0 Å². The van der Waals surface area contributed by atoms with E-state index in [9.17, 15) is 4.79 Å². The Hall–Kier alpha value is -0.180. The van der Waals surface area contributed by atoms with Crippen molar-refractivity contribution < 1.29 is 9.53 Å². The minimum Gasteiger partial charge on any atom is -0.466 e. The van der Waals surface area contributed by atoms with Gasteiger partial charge >= 0.3 is 5.97 Å². The maximum atomic E-state index is 11.5. The number of carbonyl (C=O) groups excluding carboxylic acids is 1. The Kier molecular flexibility index (Phi) is 14.1. The van der Waals surface area contributed by atoms with Crippen LogP contribution in [0.1, 0.15) is 84.5 Å². The Morgan fingerprint density at radius 2 is 1.58 bits per heavy atom. The molecule has 0 spiro atoms. The van der Waals surface area contributed by atoms with Crippen LogP contribution in [0.5, 0.6) is 0 Å². The third-order valence-electron chi connectivity index (χ3n) is 3.32. The van der Waals surface area contributed by atoms with Crippen LogP contribution in [0.15, 0.2) is 0 Å². The number of thiol groups is 1. The molecule has 0 bridgehead atoms. The lowest BCUT2D eigenvalue weighted by Gasteiger charge is -2.09. The van der Waals surface area contributed by atoms with Crippen LogP contribution in [0.4, 0.5) is 0 Å². The molecular formula is C16H32O2S. The quantitative estimate of drug-likeness (QED) is 0.288. The van der Waals surface area contributed by atoms with Crippen molar-refractivity contribution >= 4 is 18.6 Å². The number of hydrogen-bond donors (Lipinski definition) is 1. The van der Waals surface area contributed by atoms with Crippen LogP contribution >= 0.6 is 12.6 Å². The van der Waals surface area contributed by atoms with E-state index in [2.05, 4.69) is 26.5 Å². The molecule has 1 unspecified atom stereocenters. The van der Waals surface area contributed by atoms with Crippen LogP contribution in [-0.4, -0.2) is 17.8 Å². The molecule has 0 saturated heterocycles. The second kappa shape index (κ2) is 14.2. The SMILES string of the molecule is CCCCCCCCCC(=O)OCCC(S)CCC. The van der Waals surface area contributed by atoms with E-state index < -0.39 is 0 Å². The Morgan fingerprint density at radius 3 is 2.21 bits per heavy atom. The molecule has 0 amide bonds. The first-order valence-corrected chi connectivity index (χ1v) is 8.56. The summed E-state index contributed by atoms with van der Waals surface area (Å²) < 4.78 is 5.22. The third-order valence-corrected chi connectivity index (χ3v) is 3.84. The van der Waals surface area contributed by atoms with Crippen LogP contribution < -0.4 is 0 Å². The van der Waals surface area contributed by atoms with Gasteiger partial charge in [-0.3, -0.25) is 4.79 Å². The second-order valence-electron chi connectivity index (χ2n) is 5.32. The second-order valence-corrected chi connectivity index (χ2v) is 6.05. The first-order chi connectivity index (χ1) is 9.20. The molecule has 0 N–H and O–H groups in total. The van der Waals surface area contributed by atoms with Gasteiger partial charge in [0.25, 0.3) is 0 Å². The molecule has 1 atom stereocenters. The molecule has 19 heavy (non-hydrogen) atoms. The molecule has 0 heterocycles. The van der Waals surface area contributed by atoms with E-state index in [0.29, 0.717) is 18.3 Å². The van der Waals surface area contributed by atoms with Crippen molar-refractivity contribution in [2.24, 2.45) is 0 Å². The van der Waals surface area contributed by atoms with E-state index in [-0.39, 0.29) is 5.97 Å². The Labute approximate surface area is 125 Å². The smallest absolute Gasteiger partial charge is 0.305 e. The summed E-state index contributed by atoms with van der Waals surface area (Å²) >= 11 is 4.45. The number of carbonyl (C=O) groups is 1. The molecule has 0 rings (SSSR count). The maximum Gasteiger partial charge on any atom is 0.305 e. The summed E-state index contributed by atoms with van der Waals surface area (Å²) in [4.78, 5) is 11.5. The third kappa shape index (κ3) is 14.0. The zero-order chi connectivity index (χ0) is 14.3. The maximum absolute atomic E-state index is 11.5. The number of rotatable bonds is 13. The van der Waals surface area contributed by atoms with Gasteiger partial charge in [0, 0.05) is 11.7 Å². The van der Waals surface area contributed by atoms with E-state index in [1.165, 1.54) is 32.1 Å². The topological polar surface area (TPSA) is 26.3 Å². The molecule has 0 aromatic rings. The fraction of sp³-hybridized carbons (Fsp3) is 0.938. The average molecular weight is 288 g/mol. The molecule has 0 aliphatic heterocycles. The number of esters is 1. The van der Waals surface area contributed by atoms with Crippen molar-refractivity contribution in [2.75, 3.05) is 6.61 Å². The highest BCUT2D eigenvalue weighted by atomic mass is 32.1. The van der Waals surface area contributed by atoms with E-state index in [0.717, 1.165) is 32.1 Å². The highest BCUT2D eigenvalue weighted by molar-refractivity contribution is 7.80. The van der Waals surface area contributed by atoms with E-state index >= 15 is 0 Å². The number of ether oxygens (including phenoxy) is 1. The van der Waals surface area contributed by atoms with Crippen LogP contribution in [0.2, 0.25) is 0 Å². The molecule has 0 radical (unpaired) electrons. The fourth-order valence-corrected chi connectivity index (χ4v) is 2.45. The highest BCUT2D eigenvalue weighted by Gasteiger charge is 2.05. The molecule has 0 aromatic heterocycles. The zero-order valence-electron chi connectivity index (χ0n) is 12.8. The summed E-state index contributed by atoms with van der Waals surface area (Å²) in [6, 6.07) is 0. The van der Waals surface area contributed by atoms with Gasteiger partial charge in [0.15, 0.2) is 0 Å². The summed E-state index contributed by atoms with van der Waals surface area (Å²) in [5.74, 6) is -0.0365. The largest absolute Gasteiger partial charge is 0.466 e. The van der Waals surface area contributed by atoms with Gasteiger partial charge in [-0.15, -0.1) is 0 Å². The normalized spacial score (nSPS) is 12.4. The monoisotopic (exact) mass is 288 g/mol. The molecule has 0 aliphatic rings. The number of hydrogen-bond acceptors (Lipinski definition) is 3. The van der Waals surface area contributed by atoms with Crippen molar-refractivity contribution in [2.45, 2.75) is 89.7 Å². The van der Waals surface area contributed by atoms with Crippen LogP contribution in [0.25, 0.3) is 0 Å². The molecule has 2 nitrogen and oxygen atoms in total. The lowest BCUT2D eigenvalue weighted by atomic mass is 10.1. The molecule has 0 aliphatic carbocycles. The fourth-order valence-electron chi connectivity index (χ4n) is 2.08. The van der Waals surface area contributed by atoms with Gasteiger partial charge in [-0.2, -0.15) is 12.6 Å². The molecule has 114 valence electrons. The van der Waals surface area contributed by atoms with Gasteiger partial charge < -0.3 is 4.74 Å². The van der Waals surface area contributed by atoms with E-state index in [4.69, 9.17) is 4.74 Å². The first kappa shape index (κ1) is 18.8. The van der Waals surface area contributed by atoms with Crippen molar-refractivity contribution in [3.63, 3.8) is 0 Å². The summed E-state index contributed by atoms with van der Waals surface area (Å²) in [5.41, 5.74) is 0. The van der Waals surface area contributed by atoms with Gasteiger partial charge in [0.1, 0.15) is 0 Å². The molecule has 3 heteroatoms. The molecule has 0 aromatic carbocycles. The minimum atomic E-state index is -0.0365. The van der Waals surface area contributed by atoms with Crippen molar-refractivity contribution in [3.8, 4) is 0 Å². The van der Waals surface area contributed by atoms with Gasteiger partial charge in [0.05, 0.1) is 6.61 Å². The average Bonchev–Trinajstić information content (AvgIpc) is 2.38. The van der Waals surface area contributed by atoms with Gasteiger partial charge in [-0.05, 0) is 19.3 Å². The molecular weight excluding hydrogens is 256 g/mol. The predicted octanol–water partition coefficient (Wildman–Crippen LogP) is 5.16. The van der Waals surface area contributed by atoms with Crippen LogP contribution in [-0.2, 0) is 9.53 Å². The van der Waals surface area contributed by atoms with Crippen LogP contribution in [0, 0.1) is 0 Å². The summed E-state index contributed by atoms with van der Waals surface area (Å²) in [6.07, 6.45) is 12.3. The Balaban J connectivity index is 3.25. The number of unbranched alkanes of at least 4 members (excludes halogenated alkanes) is 6. The molecule has 0 fully saturated rings.